The van der Waals surface area contributed by atoms with E-state index >= 15 is 0 Å². The van der Waals surface area contributed by atoms with Gasteiger partial charge in [-0.25, -0.2) is 13.2 Å². The summed E-state index contributed by atoms with van der Waals surface area (Å²) in [6.07, 6.45) is -0.0212. The molecule has 1 aromatic carbocycles. The van der Waals surface area contributed by atoms with E-state index in [1.54, 1.807) is 19.1 Å². The van der Waals surface area contributed by atoms with Crippen molar-refractivity contribution in [3.05, 3.63) is 53.6 Å². The second kappa shape index (κ2) is 4.57. The Balaban J connectivity index is 2.45. The number of halogens is 3. The maximum absolute atomic E-state index is 13.4. The number of aromatic nitrogens is 1. The van der Waals surface area contributed by atoms with E-state index in [2.05, 4.69) is 4.98 Å². The summed E-state index contributed by atoms with van der Waals surface area (Å²) in [5, 5.41) is 0. The van der Waals surface area contributed by atoms with Crippen LogP contribution in [0.1, 0.15) is 17.6 Å². The third-order valence-electron chi connectivity index (χ3n) is 2.52. The van der Waals surface area contributed by atoms with Crippen molar-refractivity contribution in [3.63, 3.8) is 0 Å². The highest BCUT2D eigenvalue weighted by Gasteiger charge is 2.09. The van der Waals surface area contributed by atoms with Gasteiger partial charge in [0.1, 0.15) is 5.82 Å². The molecule has 2 aromatic rings. The predicted octanol–water partition coefficient (Wildman–Crippen LogP) is 4.13. The zero-order chi connectivity index (χ0) is 12.4. The van der Waals surface area contributed by atoms with Gasteiger partial charge in [0.05, 0.1) is 0 Å². The first kappa shape index (κ1) is 11.6. The van der Waals surface area contributed by atoms with E-state index in [-0.39, 0.29) is 11.4 Å². The fraction of sp³-hybridized carbons (Fsp3) is 0.154. The van der Waals surface area contributed by atoms with Gasteiger partial charge in [-0.2, -0.15) is 0 Å². The lowest BCUT2D eigenvalue weighted by atomic mass is 10.0. The average molecular weight is 237 g/mol. The van der Waals surface area contributed by atoms with Gasteiger partial charge in [-0.3, -0.25) is 4.98 Å². The minimum atomic E-state index is -2.57. The molecule has 1 heterocycles. The van der Waals surface area contributed by atoms with Crippen molar-refractivity contribution in [2.75, 3.05) is 0 Å². The van der Waals surface area contributed by atoms with E-state index in [0.717, 1.165) is 6.20 Å². The van der Waals surface area contributed by atoms with Crippen LogP contribution < -0.4 is 0 Å². The number of hydrogen-bond donors (Lipinski definition) is 0. The van der Waals surface area contributed by atoms with Crippen molar-refractivity contribution in [2.24, 2.45) is 0 Å². The molecule has 0 aliphatic carbocycles. The van der Waals surface area contributed by atoms with Gasteiger partial charge < -0.3 is 0 Å². The molecule has 0 bridgehead atoms. The van der Waals surface area contributed by atoms with E-state index in [0.29, 0.717) is 16.7 Å². The van der Waals surface area contributed by atoms with E-state index in [1.165, 1.54) is 18.3 Å². The number of benzene rings is 1. The lowest BCUT2D eigenvalue weighted by molar-refractivity contribution is 0.151. The first-order chi connectivity index (χ1) is 8.08. The van der Waals surface area contributed by atoms with E-state index in [9.17, 15) is 13.2 Å². The van der Waals surface area contributed by atoms with Gasteiger partial charge in [0, 0.05) is 23.5 Å². The molecular weight excluding hydrogens is 227 g/mol. The van der Waals surface area contributed by atoms with Gasteiger partial charge in [0.2, 0.25) is 0 Å². The molecule has 0 fully saturated rings. The van der Waals surface area contributed by atoms with Crippen molar-refractivity contribution in [1.29, 1.82) is 0 Å². The summed E-state index contributed by atoms with van der Waals surface area (Å²) in [4.78, 5) is 3.73. The standard InChI is InChI=1S/C13H10F3N/c1-8-2-3-9(5-12(8)14)10-4-11(13(15)16)7-17-6-10/h2-7,13H,1H3. The zero-order valence-electron chi connectivity index (χ0n) is 9.12. The molecule has 0 aliphatic heterocycles. The lowest BCUT2D eigenvalue weighted by Crippen LogP contribution is -1.89. The third kappa shape index (κ3) is 2.46. The second-order valence-corrected chi connectivity index (χ2v) is 3.77. The Kier molecular flexibility index (Phi) is 3.13. The van der Waals surface area contributed by atoms with Crippen LogP contribution in [0.3, 0.4) is 0 Å². The smallest absolute Gasteiger partial charge is 0.264 e. The summed E-state index contributed by atoms with van der Waals surface area (Å²) in [7, 11) is 0. The number of pyridine rings is 1. The molecule has 0 amide bonds. The molecule has 0 N–H and O–H groups in total. The molecule has 2 rings (SSSR count). The number of hydrogen-bond acceptors (Lipinski definition) is 1. The monoisotopic (exact) mass is 237 g/mol. The van der Waals surface area contributed by atoms with Gasteiger partial charge in [-0.15, -0.1) is 0 Å². The Bertz CT molecular complexity index is 538. The first-order valence-electron chi connectivity index (χ1n) is 5.07. The Labute approximate surface area is 96.9 Å². The van der Waals surface area contributed by atoms with Gasteiger partial charge in [-0.05, 0) is 30.2 Å². The van der Waals surface area contributed by atoms with Gasteiger partial charge >= 0.3 is 0 Å². The third-order valence-corrected chi connectivity index (χ3v) is 2.52. The van der Waals surface area contributed by atoms with Gasteiger partial charge in [0.25, 0.3) is 6.43 Å². The van der Waals surface area contributed by atoms with Crippen molar-refractivity contribution in [1.82, 2.24) is 4.98 Å². The van der Waals surface area contributed by atoms with Crippen LogP contribution in [0.2, 0.25) is 0 Å². The van der Waals surface area contributed by atoms with Crippen LogP contribution in [0, 0.1) is 12.7 Å². The number of aryl methyl sites for hydroxylation is 1. The van der Waals surface area contributed by atoms with E-state index in [4.69, 9.17) is 0 Å². The Morgan fingerprint density at radius 3 is 2.47 bits per heavy atom. The molecule has 0 unspecified atom stereocenters. The summed E-state index contributed by atoms with van der Waals surface area (Å²) in [6, 6.07) is 5.94. The van der Waals surface area contributed by atoms with Gasteiger partial charge in [0.15, 0.2) is 0 Å². The molecule has 0 saturated heterocycles. The van der Waals surface area contributed by atoms with Crippen molar-refractivity contribution >= 4 is 0 Å². The molecule has 0 aliphatic rings. The maximum Gasteiger partial charge on any atom is 0.265 e. The van der Waals surface area contributed by atoms with Crippen LogP contribution in [-0.2, 0) is 0 Å². The molecule has 1 nitrogen and oxygen atoms in total. The maximum atomic E-state index is 13.4. The van der Waals surface area contributed by atoms with Crippen LogP contribution >= 0.6 is 0 Å². The summed E-state index contributed by atoms with van der Waals surface area (Å²) in [6.45, 7) is 1.65. The highest BCUT2D eigenvalue weighted by atomic mass is 19.3. The van der Waals surface area contributed by atoms with Crippen LogP contribution in [0.4, 0.5) is 13.2 Å². The number of rotatable bonds is 2. The highest BCUT2D eigenvalue weighted by Crippen LogP contribution is 2.25. The molecule has 0 atom stereocenters. The van der Waals surface area contributed by atoms with Crippen LogP contribution in [0.5, 0.6) is 0 Å². The summed E-state index contributed by atoms with van der Waals surface area (Å²) in [5.41, 5.74) is 1.39. The summed E-state index contributed by atoms with van der Waals surface area (Å²) < 4.78 is 38.3. The molecule has 1 aromatic heterocycles. The Morgan fingerprint density at radius 1 is 1.06 bits per heavy atom. The zero-order valence-corrected chi connectivity index (χ0v) is 9.12. The Hall–Kier alpha value is -1.84. The lowest BCUT2D eigenvalue weighted by Gasteiger charge is -2.05. The fourth-order valence-corrected chi connectivity index (χ4v) is 1.51. The largest absolute Gasteiger partial charge is 0.265 e. The molecule has 88 valence electrons. The quantitative estimate of drug-likeness (QED) is 0.765. The molecule has 0 radical (unpaired) electrons. The minimum absolute atomic E-state index is 0.163. The van der Waals surface area contributed by atoms with Crippen LogP contribution in [-0.4, -0.2) is 4.98 Å². The molecule has 0 spiro atoms. The summed E-state index contributed by atoms with van der Waals surface area (Å²) >= 11 is 0. The highest BCUT2D eigenvalue weighted by molar-refractivity contribution is 5.63. The minimum Gasteiger partial charge on any atom is -0.264 e. The van der Waals surface area contributed by atoms with Crippen molar-refractivity contribution in [3.8, 4) is 11.1 Å². The second-order valence-electron chi connectivity index (χ2n) is 3.77. The topological polar surface area (TPSA) is 12.9 Å². The summed E-state index contributed by atoms with van der Waals surface area (Å²) in [5.74, 6) is -0.357. The molecule has 0 saturated carbocycles. The fourth-order valence-electron chi connectivity index (χ4n) is 1.51. The predicted molar refractivity (Wildman–Crippen MR) is 59.3 cm³/mol. The van der Waals surface area contributed by atoms with E-state index < -0.39 is 6.43 Å². The molecular formula is C13H10F3N. The average Bonchev–Trinajstić information content (AvgIpc) is 2.33. The molecule has 17 heavy (non-hydrogen) atoms. The molecule has 4 heteroatoms. The Morgan fingerprint density at radius 2 is 1.82 bits per heavy atom. The van der Waals surface area contributed by atoms with Crippen LogP contribution in [0.25, 0.3) is 11.1 Å². The van der Waals surface area contributed by atoms with Crippen molar-refractivity contribution in [2.45, 2.75) is 13.3 Å². The normalized spacial score (nSPS) is 10.9. The first-order valence-corrected chi connectivity index (χ1v) is 5.07. The van der Waals surface area contributed by atoms with Gasteiger partial charge in [-0.1, -0.05) is 12.1 Å². The number of nitrogens with zero attached hydrogens (tertiary/aromatic N) is 1. The van der Waals surface area contributed by atoms with E-state index in [1.807, 2.05) is 0 Å². The SMILES string of the molecule is Cc1ccc(-c2cncc(C(F)F)c2)cc1F. The van der Waals surface area contributed by atoms with Crippen LogP contribution in [0.15, 0.2) is 36.7 Å². The number of alkyl halides is 2. The van der Waals surface area contributed by atoms with Crippen molar-refractivity contribution < 1.29 is 13.2 Å².